The summed E-state index contributed by atoms with van der Waals surface area (Å²) >= 11 is 0. The van der Waals surface area contributed by atoms with Gasteiger partial charge in [-0.05, 0) is 70.1 Å². The van der Waals surface area contributed by atoms with Gasteiger partial charge >= 0.3 is 0 Å². The summed E-state index contributed by atoms with van der Waals surface area (Å²) in [4.78, 5) is 4.55. The Morgan fingerprint density at radius 2 is 1.97 bits per heavy atom. The van der Waals surface area contributed by atoms with Crippen molar-refractivity contribution in [3.8, 4) is 17.2 Å². The molecule has 0 amide bonds. The van der Waals surface area contributed by atoms with Crippen LogP contribution in [-0.2, 0) is 0 Å². The highest BCUT2D eigenvalue weighted by molar-refractivity contribution is 6.00. The third kappa shape index (κ3) is 3.49. The Hall–Kier alpha value is -3.10. The van der Waals surface area contributed by atoms with Gasteiger partial charge in [0, 0.05) is 52.6 Å². The molecule has 164 valence electrons. The number of aliphatic hydroxyl groups is 1. The van der Waals surface area contributed by atoms with E-state index in [2.05, 4.69) is 59.2 Å². The lowest BCUT2D eigenvalue weighted by Crippen LogP contribution is -2.30. The topological polar surface area (TPSA) is 73.9 Å². The third-order valence-corrected chi connectivity index (χ3v) is 7.17. The molecule has 5 nitrogen and oxygen atoms in total. The number of nitrogens with one attached hydrogen (secondary N) is 1. The monoisotopic (exact) mass is 426 g/mol. The zero-order valence-electron chi connectivity index (χ0n) is 19.0. The molecule has 1 aliphatic carbocycles. The van der Waals surface area contributed by atoms with Crippen LogP contribution in [0.1, 0.15) is 62.3 Å². The number of pyridine rings is 1. The van der Waals surface area contributed by atoms with Gasteiger partial charge in [0.15, 0.2) is 0 Å². The fourth-order valence-electron chi connectivity index (χ4n) is 5.29. The van der Waals surface area contributed by atoms with Gasteiger partial charge in [-0.1, -0.05) is 12.2 Å². The number of nitriles is 1. The average Bonchev–Trinajstić information content (AvgIpc) is 3.15. The van der Waals surface area contributed by atoms with Gasteiger partial charge in [0.2, 0.25) is 0 Å². The number of rotatable bonds is 3. The fraction of sp³-hybridized carbons (Fsp3) is 0.407. The second-order valence-corrected chi connectivity index (χ2v) is 9.93. The number of anilines is 1. The summed E-state index contributed by atoms with van der Waals surface area (Å²) in [6.07, 6.45) is 14.7. The van der Waals surface area contributed by atoms with Gasteiger partial charge in [-0.3, -0.25) is 4.98 Å². The van der Waals surface area contributed by atoms with Crippen LogP contribution in [0.5, 0.6) is 0 Å². The van der Waals surface area contributed by atoms with Gasteiger partial charge in [-0.25, -0.2) is 0 Å². The van der Waals surface area contributed by atoms with Crippen LogP contribution >= 0.6 is 0 Å². The number of aliphatic hydroxyl groups excluding tert-OH is 1. The lowest BCUT2D eigenvalue weighted by Gasteiger charge is -2.29. The maximum atomic E-state index is 9.69. The van der Waals surface area contributed by atoms with Crippen LogP contribution in [0.2, 0.25) is 0 Å². The van der Waals surface area contributed by atoms with E-state index >= 15 is 0 Å². The molecule has 0 bridgehead atoms. The van der Waals surface area contributed by atoms with Crippen LogP contribution in [0.15, 0.2) is 36.8 Å². The first-order chi connectivity index (χ1) is 15.4. The van der Waals surface area contributed by atoms with Crippen molar-refractivity contribution in [2.24, 2.45) is 5.92 Å². The molecule has 0 unspecified atom stereocenters. The second kappa shape index (κ2) is 7.79. The molecule has 0 spiro atoms. The summed E-state index contributed by atoms with van der Waals surface area (Å²) in [5.41, 5.74) is 7.17. The first-order valence-electron chi connectivity index (χ1n) is 11.5. The zero-order valence-corrected chi connectivity index (χ0v) is 19.0. The van der Waals surface area contributed by atoms with Crippen molar-refractivity contribution in [1.82, 2.24) is 9.55 Å². The van der Waals surface area contributed by atoms with Crippen LogP contribution in [0, 0.1) is 24.2 Å². The second-order valence-electron chi connectivity index (χ2n) is 9.93. The summed E-state index contributed by atoms with van der Waals surface area (Å²) < 4.78 is 2.41. The molecule has 2 aromatic heterocycles. The van der Waals surface area contributed by atoms with Gasteiger partial charge in [-0.2, -0.15) is 5.26 Å². The maximum Gasteiger partial charge on any atom is 0.0994 e. The smallest absolute Gasteiger partial charge is 0.0994 e. The molecule has 1 fully saturated rings. The number of aryl methyl sites for hydroxylation is 1. The molecule has 5 rings (SSSR count). The van der Waals surface area contributed by atoms with E-state index in [-0.39, 0.29) is 12.1 Å². The van der Waals surface area contributed by atoms with Gasteiger partial charge in [0.05, 0.1) is 29.1 Å². The predicted octanol–water partition coefficient (Wildman–Crippen LogP) is 5.82. The van der Waals surface area contributed by atoms with Crippen molar-refractivity contribution in [3.63, 3.8) is 0 Å². The van der Waals surface area contributed by atoms with Crippen LogP contribution in [0.4, 0.5) is 5.69 Å². The van der Waals surface area contributed by atoms with Crippen molar-refractivity contribution in [2.45, 2.75) is 58.0 Å². The predicted molar refractivity (Wildman–Crippen MR) is 129 cm³/mol. The van der Waals surface area contributed by atoms with Crippen LogP contribution in [-0.4, -0.2) is 26.8 Å². The SMILES string of the molecule is Cc1cc2c(cc1C#N)c(-c1cncc3c1C=CC(C)(C)N3)cn2[C@H]1CC[C@H](CO)CC1. The number of hydrogen-bond donors (Lipinski definition) is 2. The van der Waals surface area contributed by atoms with E-state index in [9.17, 15) is 10.4 Å². The van der Waals surface area contributed by atoms with E-state index in [4.69, 9.17) is 0 Å². The normalized spacial score (nSPS) is 21.7. The number of nitrogens with zero attached hydrogens (tertiary/aromatic N) is 3. The van der Waals surface area contributed by atoms with E-state index < -0.39 is 0 Å². The molecule has 0 atom stereocenters. The van der Waals surface area contributed by atoms with Crippen LogP contribution < -0.4 is 5.32 Å². The van der Waals surface area contributed by atoms with E-state index in [1.165, 1.54) is 5.52 Å². The summed E-state index contributed by atoms with van der Waals surface area (Å²) in [7, 11) is 0. The van der Waals surface area contributed by atoms with Crippen molar-refractivity contribution in [2.75, 3.05) is 11.9 Å². The molecule has 5 heteroatoms. The van der Waals surface area contributed by atoms with Crippen LogP contribution in [0.3, 0.4) is 0 Å². The molecular weight excluding hydrogens is 396 g/mol. The molecular formula is C27H30N4O. The molecule has 1 aliphatic heterocycles. The Morgan fingerprint density at radius 1 is 1.19 bits per heavy atom. The van der Waals surface area contributed by atoms with E-state index in [1.807, 2.05) is 25.4 Å². The van der Waals surface area contributed by atoms with Gasteiger partial charge < -0.3 is 15.0 Å². The summed E-state index contributed by atoms with van der Waals surface area (Å²) in [6.45, 7) is 6.59. The minimum Gasteiger partial charge on any atom is -0.396 e. The maximum absolute atomic E-state index is 9.69. The van der Waals surface area contributed by atoms with Crippen molar-refractivity contribution >= 4 is 22.7 Å². The number of hydrogen-bond acceptors (Lipinski definition) is 4. The lowest BCUT2D eigenvalue weighted by molar-refractivity contribution is 0.170. The van der Waals surface area contributed by atoms with E-state index in [0.717, 1.165) is 59.0 Å². The van der Waals surface area contributed by atoms with Gasteiger partial charge in [-0.15, -0.1) is 0 Å². The molecule has 1 aromatic carbocycles. The molecule has 3 aromatic rings. The van der Waals surface area contributed by atoms with Crippen LogP contribution in [0.25, 0.3) is 28.1 Å². The number of aromatic nitrogens is 2. The first-order valence-corrected chi connectivity index (χ1v) is 11.5. The zero-order chi connectivity index (χ0) is 22.5. The Labute approximate surface area is 189 Å². The Balaban J connectivity index is 1.69. The highest BCUT2D eigenvalue weighted by Gasteiger charge is 2.26. The highest BCUT2D eigenvalue weighted by atomic mass is 16.3. The molecule has 2 aliphatic rings. The number of benzene rings is 1. The molecule has 32 heavy (non-hydrogen) atoms. The summed E-state index contributed by atoms with van der Waals surface area (Å²) in [5, 5.41) is 23.9. The Kier molecular flexibility index (Phi) is 5.06. The molecule has 1 saturated carbocycles. The quantitative estimate of drug-likeness (QED) is 0.553. The minimum atomic E-state index is -0.113. The summed E-state index contributed by atoms with van der Waals surface area (Å²) in [5.74, 6) is 0.421. The Bertz CT molecular complexity index is 1250. The van der Waals surface area contributed by atoms with Crippen molar-refractivity contribution in [3.05, 3.63) is 53.5 Å². The van der Waals surface area contributed by atoms with Crippen molar-refractivity contribution in [1.29, 1.82) is 5.26 Å². The minimum absolute atomic E-state index is 0.113. The number of fused-ring (bicyclic) bond motifs is 2. The summed E-state index contributed by atoms with van der Waals surface area (Å²) in [6, 6.07) is 6.97. The standard InChI is InChI=1S/C27H30N4O/c1-17-10-26-22(11-19(17)12-28)24(15-31(26)20-6-4-18(16-32)5-7-20)23-13-29-14-25-21(23)8-9-27(2,3)30-25/h8-11,13-15,18,20,30,32H,4-7,16H2,1-3H3/t18-,20-. The van der Waals surface area contributed by atoms with Crippen molar-refractivity contribution < 1.29 is 5.11 Å². The fourth-order valence-corrected chi connectivity index (χ4v) is 5.29. The highest BCUT2D eigenvalue weighted by Crippen LogP contribution is 2.42. The molecule has 0 saturated heterocycles. The Morgan fingerprint density at radius 3 is 2.69 bits per heavy atom. The van der Waals surface area contributed by atoms with E-state index in [0.29, 0.717) is 17.5 Å². The van der Waals surface area contributed by atoms with E-state index in [1.54, 1.807) is 0 Å². The average molecular weight is 427 g/mol. The first kappa shape index (κ1) is 20.8. The largest absolute Gasteiger partial charge is 0.396 e. The molecule has 0 radical (unpaired) electrons. The van der Waals surface area contributed by atoms with Gasteiger partial charge in [0.25, 0.3) is 0 Å². The third-order valence-electron chi connectivity index (χ3n) is 7.17. The van der Waals surface area contributed by atoms with Gasteiger partial charge in [0.1, 0.15) is 0 Å². The molecule has 2 N–H and O–H groups in total. The molecule has 3 heterocycles. The lowest BCUT2D eigenvalue weighted by atomic mass is 9.86.